The van der Waals surface area contributed by atoms with E-state index in [0.717, 1.165) is 71.7 Å². The van der Waals surface area contributed by atoms with Crippen LogP contribution in [0.3, 0.4) is 0 Å². The summed E-state index contributed by atoms with van der Waals surface area (Å²) in [5, 5.41) is 8.26. The van der Waals surface area contributed by atoms with Crippen LogP contribution in [0.2, 0.25) is 0 Å². The molecule has 1 heterocycles. The minimum atomic E-state index is -0.767. The molecule has 7 heteroatoms. The molecule has 1 fully saturated rings. The van der Waals surface area contributed by atoms with Gasteiger partial charge in [0.15, 0.2) is 0 Å². The van der Waals surface area contributed by atoms with Crippen LogP contribution in [0.5, 0.6) is 0 Å². The predicted molar refractivity (Wildman–Crippen MR) is 176 cm³/mol. The average molecular weight is 582 g/mol. The van der Waals surface area contributed by atoms with Crippen LogP contribution in [0.25, 0.3) is 10.9 Å². The van der Waals surface area contributed by atoms with E-state index in [1.807, 2.05) is 62.6 Å². The van der Waals surface area contributed by atoms with Crippen LogP contribution in [0, 0.1) is 5.92 Å². The maximum absolute atomic E-state index is 14.2. The van der Waals surface area contributed by atoms with E-state index in [1.165, 1.54) is 0 Å². The number of para-hydroxylation sites is 1. The summed E-state index contributed by atoms with van der Waals surface area (Å²) in [5.74, 6) is 3.26. The Labute approximate surface area is 254 Å². The van der Waals surface area contributed by atoms with Crippen LogP contribution in [0.1, 0.15) is 62.5 Å². The van der Waals surface area contributed by atoms with Gasteiger partial charge in [-0.1, -0.05) is 79.7 Å². The first kappa shape index (κ1) is 30.1. The lowest BCUT2D eigenvalue weighted by Crippen LogP contribution is -2.48. The van der Waals surface area contributed by atoms with E-state index in [0.29, 0.717) is 5.92 Å². The standard InChI is InChI=1S/C35H43N5OS/c1-5-42-35(27-14-8-6-9-15-27,28-16-10-7-11-17-28)34(41)37-29-22-20-26(21-23-29)24-36-25(2)32-38-31-19-13-12-18-30(31)33(39-32)40(3)4/h6-19,25-26,29,36H,5,20-24H2,1-4H3,(H,37,41). The van der Waals surface area contributed by atoms with Gasteiger partial charge in [-0.3, -0.25) is 4.79 Å². The van der Waals surface area contributed by atoms with Crippen molar-refractivity contribution >= 4 is 34.4 Å². The fourth-order valence-electron chi connectivity index (χ4n) is 6.07. The van der Waals surface area contributed by atoms with Crippen molar-refractivity contribution in [3.63, 3.8) is 0 Å². The monoisotopic (exact) mass is 581 g/mol. The van der Waals surface area contributed by atoms with Crippen LogP contribution in [0.15, 0.2) is 84.9 Å². The van der Waals surface area contributed by atoms with Gasteiger partial charge >= 0.3 is 0 Å². The molecule has 2 N–H and O–H groups in total. The molecule has 1 aliphatic rings. The third-order valence-electron chi connectivity index (χ3n) is 8.35. The number of anilines is 1. The fourth-order valence-corrected chi connectivity index (χ4v) is 7.30. The molecular weight excluding hydrogens is 538 g/mol. The predicted octanol–water partition coefficient (Wildman–Crippen LogP) is 6.72. The fraction of sp³-hybridized carbons (Fsp3) is 0.400. The smallest absolute Gasteiger partial charge is 0.245 e. The SMILES string of the molecule is CCSC(C(=O)NC1CCC(CNC(C)c2nc(N(C)C)c3ccccc3n2)CC1)(c1ccccc1)c1ccccc1. The minimum absolute atomic E-state index is 0.0502. The van der Waals surface area contributed by atoms with Gasteiger partial charge in [0.05, 0.1) is 11.6 Å². The zero-order valence-corrected chi connectivity index (χ0v) is 26.0. The molecule has 0 bridgehead atoms. The van der Waals surface area contributed by atoms with E-state index in [2.05, 4.69) is 65.8 Å². The lowest BCUT2D eigenvalue weighted by atomic mass is 9.84. The Morgan fingerprint density at radius 1 is 0.905 bits per heavy atom. The Morgan fingerprint density at radius 2 is 1.50 bits per heavy atom. The summed E-state index contributed by atoms with van der Waals surface area (Å²) >= 11 is 1.70. The van der Waals surface area contributed by atoms with E-state index in [4.69, 9.17) is 9.97 Å². The number of benzene rings is 3. The number of thioether (sulfide) groups is 1. The van der Waals surface area contributed by atoms with Crippen LogP contribution in [-0.2, 0) is 9.54 Å². The lowest BCUT2D eigenvalue weighted by molar-refractivity contribution is -0.123. The Morgan fingerprint density at radius 3 is 2.10 bits per heavy atom. The Balaban J connectivity index is 1.22. The number of nitrogens with zero attached hydrogens (tertiary/aromatic N) is 3. The van der Waals surface area contributed by atoms with E-state index >= 15 is 0 Å². The third-order valence-corrected chi connectivity index (χ3v) is 9.73. The van der Waals surface area contributed by atoms with Crippen LogP contribution in [-0.4, -0.2) is 48.3 Å². The molecule has 0 spiro atoms. The number of carbonyl (C=O) groups excluding carboxylic acids is 1. The van der Waals surface area contributed by atoms with Crippen molar-refractivity contribution in [2.24, 2.45) is 5.92 Å². The van der Waals surface area contributed by atoms with Crippen molar-refractivity contribution < 1.29 is 4.79 Å². The van der Waals surface area contributed by atoms with Gasteiger partial charge < -0.3 is 15.5 Å². The van der Waals surface area contributed by atoms with Gasteiger partial charge in [-0.05, 0) is 74.1 Å². The largest absolute Gasteiger partial charge is 0.362 e. The average Bonchev–Trinajstić information content (AvgIpc) is 3.03. The molecule has 220 valence electrons. The van der Waals surface area contributed by atoms with Crippen LogP contribution < -0.4 is 15.5 Å². The number of rotatable bonds is 11. The molecule has 0 aliphatic heterocycles. The molecule has 3 aromatic carbocycles. The lowest BCUT2D eigenvalue weighted by Gasteiger charge is -2.36. The number of amides is 1. The van der Waals surface area contributed by atoms with E-state index in [1.54, 1.807) is 11.8 Å². The third kappa shape index (κ3) is 6.47. The first-order valence-electron chi connectivity index (χ1n) is 15.2. The quantitative estimate of drug-likeness (QED) is 0.205. The van der Waals surface area contributed by atoms with Gasteiger partial charge in [0.25, 0.3) is 0 Å². The number of hydrogen-bond donors (Lipinski definition) is 2. The highest BCUT2D eigenvalue weighted by molar-refractivity contribution is 8.01. The summed E-state index contributed by atoms with van der Waals surface area (Å²) in [6.07, 6.45) is 4.13. The molecule has 1 amide bonds. The van der Waals surface area contributed by atoms with Gasteiger partial charge in [-0.15, -0.1) is 11.8 Å². The summed E-state index contributed by atoms with van der Waals surface area (Å²) in [5.41, 5.74) is 3.03. The van der Waals surface area contributed by atoms with E-state index in [-0.39, 0.29) is 18.0 Å². The van der Waals surface area contributed by atoms with Gasteiger partial charge in [0.2, 0.25) is 5.91 Å². The van der Waals surface area contributed by atoms with Crippen LogP contribution in [0.4, 0.5) is 5.82 Å². The summed E-state index contributed by atoms with van der Waals surface area (Å²) in [6, 6.07) is 28.9. The zero-order valence-electron chi connectivity index (χ0n) is 25.2. The second kappa shape index (κ2) is 13.7. The Bertz CT molecular complexity index is 1410. The second-order valence-corrected chi connectivity index (χ2v) is 13.0. The molecule has 1 unspecified atom stereocenters. The highest BCUT2D eigenvalue weighted by Crippen LogP contribution is 2.43. The van der Waals surface area contributed by atoms with Crippen molar-refractivity contribution in [1.29, 1.82) is 0 Å². The van der Waals surface area contributed by atoms with Crippen molar-refractivity contribution in [3.8, 4) is 0 Å². The van der Waals surface area contributed by atoms with Gasteiger partial charge in [-0.25, -0.2) is 9.97 Å². The molecule has 42 heavy (non-hydrogen) atoms. The maximum Gasteiger partial charge on any atom is 0.245 e. The van der Waals surface area contributed by atoms with E-state index < -0.39 is 4.75 Å². The van der Waals surface area contributed by atoms with Crippen molar-refractivity contribution in [2.45, 2.75) is 56.4 Å². The summed E-state index contributed by atoms with van der Waals surface area (Å²) in [4.78, 5) is 26.0. The van der Waals surface area contributed by atoms with Crippen molar-refractivity contribution in [3.05, 3.63) is 102 Å². The summed E-state index contributed by atoms with van der Waals surface area (Å²) in [6.45, 7) is 5.19. The molecular formula is C35H43N5OS. The Kier molecular flexibility index (Phi) is 9.80. The normalized spacial score (nSPS) is 18.0. The van der Waals surface area contributed by atoms with Crippen molar-refractivity contribution in [1.82, 2.24) is 20.6 Å². The molecule has 1 saturated carbocycles. The molecule has 4 aromatic rings. The first-order valence-corrected chi connectivity index (χ1v) is 16.1. The summed E-state index contributed by atoms with van der Waals surface area (Å²) < 4.78 is -0.767. The molecule has 1 aromatic heterocycles. The number of nitrogens with one attached hydrogen (secondary N) is 2. The van der Waals surface area contributed by atoms with Gasteiger partial charge in [0.1, 0.15) is 16.4 Å². The second-order valence-electron chi connectivity index (χ2n) is 11.5. The van der Waals surface area contributed by atoms with Crippen LogP contribution >= 0.6 is 11.8 Å². The summed E-state index contributed by atoms with van der Waals surface area (Å²) in [7, 11) is 4.05. The first-order chi connectivity index (χ1) is 20.4. The van der Waals surface area contributed by atoms with E-state index in [9.17, 15) is 4.79 Å². The molecule has 5 rings (SSSR count). The van der Waals surface area contributed by atoms with Gasteiger partial charge in [-0.2, -0.15) is 0 Å². The number of fused-ring (bicyclic) bond motifs is 1. The highest BCUT2D eigenvalue weighted by Gasteiger charge is 2.43. The molecule has 6 nitrogen and oxygen atoms in total. The number of carbonyl (C=O) groups is 1. The van der Waals surface area contributed by atoms with Gasteiger partial charge in [0, 0.05) is 25.5 Å². The Hall–Kier alpha value is -3.42. The molecule has 0 radical (unpaired) electrons. The topological polar surface area (TPSA) is 70.2 Å². The molecule has 0 saturated heterocycles. The number of aromatic nitrogens is 2. The molecule has 1 aliphatic carbocycles. The zero-order chi connectivity index (χ0) is 29.5. The molecule has 1 atom stereocenters. The highest BCUT2D eigenvalue weighted by atomic mass is 32.2. The number of hydrogen-bond acceptors (Lipinski definition) is 6. The van der Waals surface area contributed by atoms with Crippen molar-refractivity contribution in [2.75, 3.05) is 31.3 Å². The minimum Gasteiger partial charge on any atom is -0.362 e. The maximum atomic E-state index is 14.2.